The number of nitrogens with zero attached hydrogens (tertiary/aromatic N) is 1. The van der Waals surface area contributed by atoms with Gasteiger partial charge in [-0.25, -0.2) is 4.79 Å². The molecule has 4 nitrogen and oxygen atoms in total. The predicted octanol–water partition coefficient (Wildman–Crippen LogP) is 8.68. The largest absolute Gasteiger partial charge is 0.477 e. The molecule has 1 aliphatic carbocycles. The third-order valence-electron chi connectivity index (χ3n) is 8.00. The zero-order chi connectivity index (χ0) is 26.3. The minimum atomic E-state index is -0.934. The molecule has 0 unspecified atom stereocenters. The zero-order valence-corrected chi connectivity index (χ0v) is 21.5. The molecule has 7 aromatic rings. The van der Waals surface area contributed by atoms with Crippen molar-refractivity contribution in [3.05, 3.63) is 126 Å². The van der Waals surface area contributed by atoms with Crippen LogP contribution in [0.15, 0.2) is 109 Å². The van der Waals surface area contributed by atoms with Crippen molar-refractivity contribution in [3.63, 3.8) is 0 Å². The van der Waals surface area contributed by atoms with E-state index in [0.29, 0.717) is 0 Å². The first kappa shape index (κ1) is 23.3. The Hall–Kier alpha value is -4.83. The van der Waals surface area contributed by atoms with Gasteiger partial charge in [-0.05, 0) is 76.6 Å². The summed E-state index contributed by atoms with van der Waals surface area (Å²) >= 11 is 0. The first-order valence-corrected chi connectivity index (χ1v) is 13.5. The summed E-state index contributed by atoms with van der Waals surface area (Å²) in [5.41, 5.74) is 6.17. The van der Waals surface area contributed by atoms with Gasteiger partial charge in [0.25, 0.3) is 0 Å². The Kier molecular flexibility index (Phi) is 5.66. The number of carbonyl (C=O) groups is 1. The van der Waals surface area contributed by atoms with Crippen molar-refractivity contribution in [2.24, 2.45) is 0 Å². The van der Waals surface area contributed by atoms with Crippen molar-refractivity contribution in [3.8, 4) is 5.69 Å². The quantitative estimate of drug-likeness (QED) is 0.230. The van der Waals surface area contributed by atoms with Gasteiger partial charge in [0.2, 0.25) is 0 Å². The third-order valence-corrected chi connectivity index (χ3v) is 8.00. The van der Waals surface area contributed by atoms with Crippen LogP contribution in [0.25, 0.3) is 49.0 Å². The van der Waals surface area contributed by atoms with Crippen LogP contribution in [0.1, 0.15) is 34.5 Å². The van der Waals surface area contributed by atoms with E-state index < -0.39 is 5.97 Å². The number of carboxylic acids is 1. The Labute approximate surface area is 226 Å². The summed E-state index contributed by atoms with van der Waals surface area (Å²) in [7, 11) is 0. The molecule has 0 bridgehead atoms. The van der Waals surface area contributed by atoms with E-state index in [4.69, 9.17) is 0 Å². The van der Waals surface area contributed by atoms with Gasteiger partial charge >= 0.3 is 5.97 Å². The highest BCUT2D eigenvalue weighted by Gasteiger charge is 2.18. The molecule has 1 aliphatic rings. The Morgan fingerprint density at radius 2 is 1.41 bits per heavy atom. The van der Waals surface area contributed by atoms with E-state index in [0.717, 1.165) is 27.5 Å². The highest BCUT2D eigenvalue weighted by Crippen LogP contribution is 2.33. The minimum absolute atomic E-state index is 0.265. The molecule has 2 N–H and O–H groups in total. The van der Waals surface area contributed by atoms with Crippen LogP contribution in [0.5, 0.6) is 0 Å². The molecule has 2 aromatic heterocycles. The van der Waals surface area contributed by atoms with Crippen molar-refractivity contribution in [2.75, 3.05) is 0 Å². The summed E-state index contributed by atoms with van der Waals surface area (Å²) in [6.45, 7) is 0. The summed E-state index contributed by atoms with van der Waals surface area (Å²) in [6, 6.07) is 35.2. The van der Waals surface area contributed by atoms with Crippen LogP contribution in [-0.2, 0) is 12.8 Å². The molecule has 5 aromatic carbocycles. The fourth-order valence-corrected chi connectivity index (χ4v) is 6.16. The number of benzene rings is 5. The molecule has 0 radical (unpaired) electrons. The van der Waals surface area contributed by atoms with Crippen LogP contribution in [0.2, 0.25) is 0 Å². The Morgan fingerprint density at radius 1 is 0.692 bits per heavy atom. The molecule has 0 saturated heterocycles. The topological polar surface area (TPSA) is 58.0 Å². The molecular weight excluding hydrogens is 480 g/mol. The molecule has 8 rings (SSSR count). The van der Waals surface area contributed by atoms with Crippen LogP contribution in [0, 0.1) is 0 Å². The molecule has 0 fully saturated rings. The first-order chi connectivity index (χ1) is 19.2. The normalized spacial score (nSPS) is 12.9. The van der Waals surface area contributed by atoms with E-state index in [1.165, 1.54) is 47.2 Å². The lowest BCUT2D eigenvalue weighted by Gasteiger charge is -2.18. The molecule has 4 heteroatoms. The van der Waals surface area contributed by atoms with E-state index in [2.05, 4.69) is 53.5 Å². The maximum absolute atomic E-state index is 11.6. The second-order valence-electron chi connectivity index (χ2n) is 10.2. The van der Waals surface area contributed by atoms with Gasteiger partial charge in [-0.15, -0.1) is 0 Å². The lowest BCUT2D eigenvalue weighted by Crippen LogP contribution is -2.05. The number of hydrogen-bond acceptors (Lipinski definition) is 1. The van der Waals surface area contributed by atoms with Crippen LogP contribution >= 0.6 is 0 Å². The Bertz CT molecular complexity index is 2010. The fourth-order valence-electron chi connectivity index (χ4n) is 6.16. The van der Waals surface area contributed by atoms with E-state index in [9.17, 15) is 9.90 Å². The summed E-state index contributed by atoms with van der Waals surface area (Å²) in [4.78, 5) is 14.8. The lowest BCUT2D eigenvalue weighted by atomic mass is 9.86. The lowest BCUT2D eigenvalue weighted by molar-refractivity contribution is 0.0688. The fraction of sp³-hybridized carbons (Fsp3) is 0.114. The average Bonchev–Trinajstić information content (AvgIpc) is 3.59. The number of nitrogens with one attached hydrogen (secondary N) is 1. The van der Waals surface area contributed by atoms with Gasteiger partial charge in [-0.1, -0.05) is 84.9 Å². The SMILES string of the molecule is O=C(O)c1cc2ccccc2n1-c1c[nH]c2ccccc12.c1ccc2c(c1)ccc1c3c(ccc12)CCCC3. The molecule has 39 heavy (non-hydrogen) atoms. The summed E-state index contributed by atoms with van der Waals surface area (Å²) in [6.07, 6.45) is 7.07. The smallest absolute Gasteiger partial charge is 0.352 e. The maximum Gasteiger partial charge on any atom is 0.352 e. The molecule has 0 spiro atoms. The number of rotatable bonds is 2. The highest BCUT2D eigenvalue weighted by molar-refractivity contribution is 6.08. The van der Waals surface area contributed by atoms with Crippen LogP contribution in [-0.4, -0.2) is 20.6 Å². The van der Waals surface area contributed by atoms with Gasteiger partial charge in [-0.3, -0.25) is 0 Å². The molecule has 190 valence electrons. The van der Waals surface area contributed by atoms with Gasteiger partial charge in [0.05, 0.1) is 11.2 Å². The predicted molar refractivity (Wildman–Crippen MR) is 160 cm³/mol. The van der Waals surface area contributed by atoms with Gasteiger partial charge < -0.3 is 14.7 Å². The number of fused-ring (bicyclic) bond motifs is 7. The Balaban J connectivity index is 0.000000131. The summed E-state index contributed by atoms with van der Waals surface area (Å²) in [5.74, 6) is -0.934. The number of carboxylic acid groups (broad SMARTS) is 1. The molecule has 0 atom stereocenters. The molecule has 0 amide bonds. The van der Waals surface area contributed by atoms with Crippen molar-refractivity contribution < 1.29 is 9.90 Å². The number of aryl methyl sites for hydroxylation is 2. The van der Waals surface area contributed by atoms with Gasteiger partial charge in [0, 0.05) is 22.5 Å². The van der Waals surface area contributed by atoms with Gasteiger partial charge in [-0.2, -0.15) is 0 Å². The van der Waals surface area contributed by atoms with Crippen molar-refractivity contribution in [2.45, 2.75) is 25.7 Å². The van der Waals surface area contributed by atoms with Crippen molar-refractivity contribution in [1.82, 2.24) is 9.55 Å². The molecule has 0 saturated carbocycles. The van der Waals surface area contributed by atoms with Crippen LogP contribution in [0.4, 0.5) is 0 Å². The second-order valence-corrected chi connectivity index (χ2v) is 10.2. The van der Waals surface area contributed by atoms with Crippen LogP contribution < -0.4 is 0 Å². The summed E-state index contributed by atoms with van der Waals surface area (Å²) < 4.78 is 1.79. The molecule has 2 heterocycles. The number of H-pyrrole nitrogens is 1. The highest BCUT2D eigenvalue weighted by atomic mass is 16.4. The maximum atomic E-state index is 11.6. The van der Waals surface area contributed by atoms with Gasteiger partial charge in [0.15, 0.2) is 0 Å². The number of aromatic nitrogens is 2. The second kappa shape index (κ2) is 9.48. The minimum Gasteiger partial charge on any atom is -0.477 e. The molecule has 0 aliphatic heterocycles. The molecular formula is C35H28N2O2. The van der Waals surface area contributed by atoms with Crippen LogP contribution in [0.3, 0.4) is 0 Å². The standard InChI is InChI=1S/C18H16.C17H12N2O2/c1-3-7-15-13(5-1)9-11-18-16-8-4-2-6-14(16)10-12-17(15)18;20-17(21)15-9-11-5-1-4-8-14(11)19(15)16-10-18-13-7-3-2-6-12(13)16/h1,3,5,7,9-12H,2,4,6,8H2;1-10,18H,(H,20,21). The van der Waals surface area contributed by atoms with E-state index in [-0.39, 0.29) is 5.69 Å². The Morgan fingerprint density at radius 3 is 2.28 bits per heavy atom. The zero-order valence-electron chi connectivity index (χ0n) is 21.5. The summed E-state index contributed by atoms with van der Waals surface area (Å²) in [5, 5.41) is 17.1. The number of aromatic carboxylic acids is 1. The van der Waals surface area contributed by atoms with E-state index >= 15 is 0 Å². The monoisotopic (exact) mass is 508 g/mol. The third kappa shape index (κ3) is 3.96. The first-order valence-electron chi connectivity index (χ1n) is 13.5. The van der Waals surface area contributed by atoms with E-state index in [1.54, 1.807) is 21.8 Å². The number of para-hydroxylation sites is 2. The average molecular weight is 509 g/mol. The van der Waals surface area contributed by atoms with E-state index in [1.807, 2.05) is 54.7 Å². The van der Waals surface area contributed by atoms with Crippen molar-refractivity contribution in [1.29, 1.82) is 0 Å². The van der Waals surface area contributed by atoms with Gasteiger partial charge in [0.1, 0.15) is 5.69 Å². The number of hydrogen-bond donors (Lipinski definition) is 2. The number of aromatic amines is 1. The van der Waals surface area contributed by atoms with Crippen molar-refractivity contribution >= 4 is 49.3 Å².